The zero-order valence-corrected chi connectivity index (χ0v) is 19.6. The Morgan fingerprint density at radius 1 is 1.20 bits per heavy atom. The summed E-state index contributed by atoms with van der Waals surface area (Å²) in [7, 11) is 0. The molecule has 2 aliphatic rings. The highest BCUT2D eigenvalue weighted by Gasteiger charge is 2.37. The van der Waals surface area contributed by atoms with Gasteiger partial charge in [-0.05, 0) is 44.2 Å². The number of alkyl halides is 3. The van der Waals surface area contributed by atoms with Gasteiger partial charge in [0.1, 0.15) is 0 Å². The lowest BCUT2D eigenvalue weighted by Gasteiger charge is -2.37. The van der Waals surface area contributed by atoms with Gasteiger partial charge in [-0.15, -0.1) is 24.0 Å². The maximum Gasteiger partial charge on any atom is 0.416 e. The fourth-order valence-electron chi connectivity index (χ4n) is 3.91. The van der Waals surface area contributed by atoms with Crippen molar-refractivity contribution in [2.24, 2.45) is 4.99 Å². The van der Waals surface area contributed by atoms with Crippen LogP contribution in [-0.4, -0.2) is 51.5 Å². The Hall–Kier alpha value is -1.07. The van der Waals surface area contributed by atoms with Crippen LogP contribution in [0.3, 0.4) is 0 Å². The lowest BCUT2D eigenvalue weighted by molar-refractivity contribution is -0.137. The fourth-order valence-corrected chi connectivity index (χ4v) is 3.91. The van der Waals surface area contributed by atoms with E-state index in [4.69, 9.17) is 14.5 Å². The number of nitrogens with zero attached hydrogens (tertiary/aromatic N) is 1. The number of hydrogen-bond acceptors (Lipinski definition) is 3. The molecule has 2 saturated heterocycles. The Kier molecular flexibility index (Phi) is 9.67. The van der Waals surface area contributed by atoms with Gasteiger partial charge in [0.2, 0.25) is 0 Å². The second kappa shape index (κ2) is 11.5. The van der Waals surface area contributed by atoms with Crippen LogP contribution in [0.15, 0.2) is 29.3 Å². The Morgan fingerprint density at radius 3 is 2.60 bits per heavy atom. The summed E-state index contributed by atoms with van der Waals surface area (Å²) in [5.74, 6) is 0.667. The maximum atomic E-state index is 13.2. The molecule has 0 saturated carbocycles. The average molecular weight is 541 g/mol. The van der Waals surface area contributed by atoms with Gasteiger partial charge in [-0.1, -0.05) is 18.2 Å². The van der Waals surface area contributed by atoms with Gasteiger partial charge in [0.05, 0.1) is 18.2 Å². The lowest BCUT2D eigenvalue weighted by Crippen LogP contribution is -2.43. The summed E-state index contributed by atoms with van der Waals surface area (Å²) in [4.78, 5) is 4.74. The molecule has 2 aliphatic heterocycles. The normalized spacial score (nSPS) is 21.7. The first-order chi connectivity index (χ1) is 13.9. The summed E-state index contributed by atoms with van der Waals surface area (Å²) in [6.07, 6.45) is -0.800. The van der Waals surface area contributed by atoms with Crippen molar-refractivity contribution in [1.82, 2.24) is 10.6 Å². The highest BCUT2D eigenvalue weighted by molar-refractivity contribution is 14.0. The molecule has 5 nitrogen and oxygen atoms in total. The molecule has 2 N–H and O–H groups in total. The molecule has 0 bridgehead atoms. The lowest BCUT2D eigenvalue weighted by atomic mass is 9.74. The molecule has 2 heterocycles. The van der Waals surface area contributed by atoms with Crippen LogP contribution < -0.4 is 10.6 Å². The molecule has 0 spiro atoms. The molecule has 0 radical (unpaired) electrons. The smallest absolute Gasteiger partial charge is 0.381 e. The Balaban J connectivity index is 0.00000320. The topological polar surface area (TPSA) is 54.9 Å². The van der Waals surface area contributed by atoms with Gasteiger partial charge in [0.25, 0.3) is 0 Å². The molecule has 3 rings (SSSR count). The van der Waals surface area contributed by atoms with Gasteiger partial charge in [0, 0.05) is 38.3 Å². The molecular weight excluding hydrogens is 510 g/mol. The second-order valence-electron chi connectivity index (χ2n) is 7.68. The van der Waals surface area contributed by atoms with Crippen molar-refractivity contribution < 1.29 is 22.6 Å². The van der Waals surface area contributed by atoms with E-state index < -0.39 is 17.2 Å². The van der Waals surface area contributed by atoms with Crippen molar-refractivity contribution in [3.63, 3.8) is 0 Å². The number of hydrogen-bond donors (Lipinski definition) is 2. The molecule has 1 atom stereocenters. The largest absolute Gasteiger partial charge is 0.416 e. The zero-order chi connectivity index (χ0) is 20.7. The molecule has 1 aromatic rings. The van der Waals surface area contributed by atoms with Crippen LogP contribution in [0.25, 0.3) is 0 Å². The Morgan fingerprint density at radius 2 is 1.97 bits per heavy atom. The monoisotopic (exact) mass is 541 g/mol. The molecule has 30 heavy (non-hydrogen) atoms. The zero-order valence-electron chi connectivity index (χ0n) is 17.3. The van der Waals surface area contributed by atoms with E-state index in [0.717, 1.165) is 25.5 Å². The van der Waals surface area contributed by atoms with Crippen LogP contribution in [0.5, 0.6) is 0 Å². The molecule has 0 amide bonds. The van der Waals surface area contributed by atoms with Crippen LogP contribution in [0, 0.1) is 0 Å². The molecule has 2 fully saturated rings. The van der Waals surface area contributed by atoms with E-state index in [1.54, 1.807) is 6.07 Å². The van der Waals surface area contributed by atoms with Crippen molar-refractivity contribution in [3.05, 3.63) is 35.4 Å². The predicted octanol–water partition coefficient (Wildman–Crippen LogP) is 4.11. The van der Waals surface area contributed by atoms with Crippen molar-refractivity contribution in [2.45, 2.75) is 50.3 Å². The van der Waals surface area contributed by atoms with Crippen LogP contribution in [0.2, 0.25) is 0 Å². The Labute approximate surface area is 193 Å². The first-order valence-corrected chi connectivity index (χ1v) is 10.3. The van der Waals surface area contributed by atoms with Gasteiger partial charge in [-0.2, -0.15) is 13.2 Å². The van der Waals surface area contributed by atoms with Crippen molar-refractivity contribution in [3.8, 4) is 0 Å². The fraction of sp³-hybridized carbons (Fsp3) is 0.667. The molecular formula is C21H31F3IN3O2. The van der Waals surface area contributed by atoms with E-state index in [9.17, 15) is 13.2 Å². The van der Waals surface area contributed by atoms with E-state index in [0.29, 0.717) is 57.2 Å². The van der Waals surface area contributed by atoms with E-state index in [1.165, 1.54) is 12.1 Å². The minimum Gasteiger partial charge on any atom is -0.381 e. The quantitative estimate of drug-likeness (QED) is 0.324. The number of halogens is 4. The molecule has 1 unspecified atom stereocenters. The average Bonchev–Trinajstić information content (AvgIpc) is 3.24. The minimum atomic E-state index is -4.36. The summed E-state index contributed by atoms with van der Waals surface area (Å²) in [6, 6.07) is 5.66. The first kappa shape index (κ1) is 25.2. The number of guanidine groups is 1. The number of benzene rings is 1. The van der Waals surface area contributed by atoms with Crippen LogP contribution >= 0.6 is 24.0 Å². The molecule has 9 heteroatoms. The van der Waals surface area contributed by atoms with Crippen LogP contribution in [0.1, 0.15) is 43.7 Å². The molecule has 0 aromatic heterocycles. The summed E-state index contributed by atoms with van der Waals surface area (Å²) >= 11 is 0. The minimum absolute atomic E-state index is 0. The number of rotatable bonds is 6. The van der Waals surface area contributed by atoms with E-state index in [2.05, 4.69) is 10.6 Å². The van der Waals surface area contributed by atoms with Crippen molar-refractivity contribution in [2.75, 3.05) is 39.5 Å². The van der Waals surface area contributed by atoms with E-state index >= 15 is 0 Å². The third-order valence-corrected chi connectivity index (χ3v) is 5.66. The first-order valence-electron chi connectivity index (χ1n) is 10.3. The van der Waals surface area contributed by atoms with Gasteiger partial charge in [-0.3, -0.25) is 4.99 Å². The van der Waals surface area contributed by atoms with Crippen LogP contribution in [0.4, 0.5) is 13.2 Å². The van der Waals surface area contributed by atoms with Crippen molar-refractivity contribution >= 4 is 29.9 Å². The molecule has 1 aromatic carbocycles. The predicted molar refractivity (Wildman–Crippen MR) is 122 cm³/mol. The molecule has 0 aliphatic carbocycles. The summed E-state index contributed by atoms with van der Waals surface area (Å²) in [6.45, 7) is 5.59. The highest BCUT2D eigenvalue weighted by Crippen LogP contribution is 2.38. The van der Waals surface area contributed by atoms with E-state index in [-0.39, 0.29) is 30.1 Å². The number of nitrogens with one attached hydrogen (secondary N) is 2. The number of ether oxygens (including phenoxy) is 2. The van der Waals surface area contributed by atoms with Gasteiger partial charge in [0.15, 0.2) is 5.96 Å². The van der Waals surface area contributed by atoms with Crippen molar-refractivity contribution in [1.29, 1.82) is 0 Å². The molecule has 170 valence electrons. The van der Waals surface area contributed by atoms with Gasteiger partial charge >= 0.3 is 6.18 Å². The summed E-state index contributed by atoms with van der Waals surface area (Å²) in [5, 5.41) is 6.53. The van der Waals surface area contributed by atoms with Gasteiger partial charge < -0.3 is 20.1 Å². The van der Waals surface area contributed by atoms with E-state index in [1.807, 2.05) is 6.92 Å². The summed E-state index contributed by atoms with van der Waals surface area (Å²) in [5.41, 5.74) is -0.409. The number of aliphatic imine (C=N–C) groups is 1. The third-order valence-electron chi connectivity index (χ3n) is 5.66. The third kappa shape index (κ3) is 6.71. The second-order valence-corrected chi connectivity index (χ2v) is 7.68. The maximum absolute atomic E-state index is 13.2. The highest BCUT2D eigenvalue weighted by atomic mass is 127. The Bertz CT molecular complexity index is 688. The SMILES string of the molecule is CCNC(=NCC1(c2cccc(C(F)(F)F)c2)CCOCC1)NCC1CCCO1.I. The van der Waals surface area contributed by atoms with Crippen LogP contribution in [-0.2, 0) is 21.1 Å². The summed E-state index contributed by atoms with van der Waals surface area (Å²) < 4.78 is 50.9. The van der Waals surface area contributed by atoms with Gasteiger partial charge in [-0.25, -0.2) is 0 Å². The standard InChI is InChI=1S/C21H30F3N3O2.HI/c1-2-25-19(26-14-18-7-4-10-29-18)27-15-20(8-11-28-12-9-20)16-5-3-6-17(13-16)21(22,23)24;/h3,5-6,13,18H,2,4,7-12,14-15H2,1H3,(H2,25,26,27);1H.